The Bertz CT molecular complexity index is 669. The van der Waals surface area contributed by atoms with E-state index >= 15 is 0 Å². The summed E-state index contributed by atoms with van der Waals surface area (Å²) >= 11 is 5.92. The first kappa shape index (κ1) is 17.0. The first-order valence-corrected chi connectivity index (χ1v) is 8.35. The van der Waals surface area contributed by atoms with Crippen molar-refractivity contribution in [2.24, 2.45) is 0 Å². The molecule has 1 saturated heterocycles. The van der Waals surface area contributed by atoms with E-state index < -0.39 is 21.5 Å². The molecule has 2 N–H and O–H groups in total. The fraction of sp³-hybridized carbons (Fsp3) is 0.462. The number of aliphatic carboxylic acids is 1. The molecule has 22 heavy (non-hydrogen) atoms. The Kier molecular flexibility index (Phi) is 4.96. The summed E-state index contributed by atoms with van der Waals surface area (Å²) in [5, 5.41) is 9.53. The zero-order valence-corrected chi connectivity index (χ0v) is 13.4. The summed E-state index contributed by atoms with van der Waals surface area (Å²) in [7, 11) is -2.63. The minimum absolute atomic E-state index is 0.0610. The number of carboxylic acid groups (broad SMARTS) is 1. The summed E-state index contributed by atoms with van der Waals surface area (Å²) < 4.78 is 37.2. The summed E-state index contributed by atoms with van der Waals surface area (Å²) in [6.45, 7) is 0.358. The number of benzene rings is 1. The number of methoxy groups -OCH3 is 1. The van der Waals surface area contributed by atoms with Crippen molar-refractivity contribution in [1.82, 2.24) is 4.72 Å². The first-order chi connectivity index (χ1) is 10.3. The van der Waals surface area contributed by atoms with E-state index in [1.165, 1.54) is 25.3 Å². The summed E-state index contributed by atoms with van der Waals surface area (Å²) in [6, 6.07) is 3.94. The van der Waals surface area contributed by atoms with Crippen molar-refractivity contribution in [1.29, 1.82) is 0 Å². The second-order valence-corrected chi connectivity index (χ2v) is 6.99. The van der Waals surface area contributed by atoms with Crippen LogP contribution in [0.4, 0.5) is 0 Å². The summed E-state index contributed by atoms with van der Waals surface area (Å²) in [4.78, 5) is 11.4. The summed E-state index contributed by atoms with van der Waals surface area (Å²) in [5.41, 5.74) is -1.57. The maximum atomic E-state index is 12.4. The van der Waals surface area contributed by atoms with E-state index in [0.29, 0.717) is 5.75 Å². The molecule has 2 rings (SSSR count). The van der Waals surface area contributed by atoms with Gasteiger partial charge >= 0.3 is 5.97 Å². The molecule has 7 nitrogen and oxygen atoms in total. The monoisotopic (exact) mass is 349 g/mol. The lowest BCUT2D eigenvalue weighted by atomic mass is 9.92. The predicted molar refractivity (Wildman–Crippen MR) is 78.7 cm³/mol. The average Bonchev–Trinajstić information content (AvgIpc) is 2.47. The van der Waals surface area contributed by atoms with Crippen molar-refractivity contribution in [3.63, 3.8) is 0 Å². The molecule has 0 atom stereocenters. The zero-order valence-electron chi connectivity index (χ0n) is 11.8. The number of nitrogens with one attached hydrogen (secondary N) is 1. The topological polar surface area (TPSA) is 102 Å². The summed E-state index contributed by atoms with van der Waals surface area (Å²) in [5.74, 6) is -0.890. The molecule has 1 aliphatic heterocycles. The van der Waals surface area contributed by atoms with Crippen LogP contribution in [0.25, 0.3) is 0 Å². The summed E-state index contributed by atoms with van der Waals surface area (Å²) in [6.07, 6.45) is 0.122. The maximum Gasteiger partial charge on any atom is 0.325 e. The molecule has 122 valence electrons. The lowest BCUT2D eigenvalue weighted by molar-refractivity contribution is -0.147. The van der Waals surface area contributed by atoms with Gasteiger partial charge in [-0.15, -0.1) is 0 Å². The highest BCUT2D eigenvalue weighted by atomic mass is 35.5. The van der Waals surface area contributed by atoms with Gasteiger partial charge in [-0.25, -0.2) is 8.42 Å². The highest BCUT2D eigenvalue weighted by Crippen LogP contribution is 2.29. The normalized spacial score (nSPS) is 17.9. The number of carbonyl (C=O) groups is 1. The molecule has 1 fully saturated rings. The van der Waals surface area contributed by atoms with Gasteiger partial charge in [-0.3, -0.25) is 4.79 Å². The molecule has 0 aromatic heterocycles. The van der Waals surface area contributed by atoms with Crippen molar-refractivity contribution in [3.05, 3.63) is 23.2 Å². The van der Waals surface area contributed by atoms with Crippen LogP contribution in [0.2, 0.25) is 5.02 Å². The molecule has 0 bridgehead atoms. The van der Waals surface area contributed by atoms with Gasteiger partial charge < -0.3 is 14.6 Å². The van der Waals surface area contributed by atoms with Crippen LogP contribution in [0.15, 0.2) is 23.1 Å². The number of carboxylic acids is 1. The molecule has 0 saturated carbocycles. The molecule has 0 aliphatic carbocycles. The SMILES string of the molecule is COc1ccc(S(=O)(=O)NC2(C(=O)O)CCOCC2)cc1Cl. The van der Waals surface area contributed by atoms with Gasteiger partial charge in [0.1, 0.15) is 11.3 Å². The van der Waals surface area contributed by atoms with Gasteiger partial charge in [-0.1, -0.05) is 11.6 Å². The largest absolute Gasteiger partial charge is 0.495 e. The number of halogens is 1. The smallest absolute Gasteiger partial charge is 0.325 e. The quantitative estimate of drug-likeness (QED) is 0.829. The van der Waals surface area contributed by atoms with E-state index in [2.05, 4.69) is 4.72 Å². The predicted octanol–water partition coefficient (Wildman–Crippen LogP) is 1.26. The van der Waals surface area contributed by atoms with Gasteiger partial charge in [0.2, 0.25) is 10.0 Å². The van der Waals surface area contributed by atoms with Crippen molar-refractivity contribution in [2.75, 3.05) is 20.3 Å². The van der Waals surface area contributed by atoms with Crippen LogP contribution < -0.4 is 9.46 Å². The van der Waals surface area contributed by atoms with E-state index in [4.69, 9.17) is 21.1 Å². The van der Waals surface area contributed by atoms with Gasteiger partial charge in [0.25, 0.3) is 0 Å². The van der Waals surface area contributed by atoms with Crippen molar-refractivity contribution in [2.45, 2.75) is 23.3 Å². The van der Waals surface area contributed by atoms with E-state index in [9.17, 15) is 18.3 Å². The van der Waals surface area contributed by atoms with E-state index in [-0.39, 0.29) is 36.0 Å². The third kappa shape index (κ3) is 3.35. The van der Waals surface area contributed by atoms with Crippen LogP contribution in [-0.4, -0.2) is 45.4 Å². The number of hydrogen-bond donors (Lipinski definition) is 2. The van der Waals surface area contributed by atoms with Crippen molar-refractivity contribution >= 4 is 27.6 Å². The van der Waals surface area contributed by atoms with Crippen LogP contribution in [0.1, 0.15) is 12.8 Å². The second kappa shape index (κ2) is 6.41. The molecule has 0 amide bonds. The van der Waals surface area contributed by atoms with Gasteiger partial charge in [0, 0.05) is 26.1 Å². The van der Waals surface area contributed by atoms with Crippen LogP contribution in [-0.2, 0) is 19.6 Å². The lowest BCUT2D eigenvalue weighted by Crippen LogP contribution is -2.57. The third-order valence-corrected chi connectivity index (χ3v) is 5.35. The van der Waals surface area contributed by atoms with Crippen LogP contribution in [0.5, 0.6) is 5.75 Å². The van der Waals surface area contributed by atoms with Crippen molar-refractivity contribution in [3.8, 4) is 5.75 Å². The fourth-order valence-electron chi connectivity index (χ4n) is 2.21. The van der Waals surface area contributed by atoms with Gasteiger partial charge in [0.15, 0.2) is 0 Å². The molecular weight excluding hydrogens is 334 g/mol. The van der Waals surface area contributed by atoms with E-state index in [0.717, 1.165) is 0 Å². The van der Waals surface area contributed by atoms with Crippen LogP contribution >= 0.6 is 11.6 Å². The third-order valence-electron chi connectivity index (χ3n) is 3.52. The molecule has 9 heteroatoms. The van der Waals surface area contributed by atoms with Gasteiger partial charge in [0.05, 0.1) is 17.0 Å². The Hall–Kier alpha value is -1.35. The Balaban J connectivity index is 2.33. The first-order valence-electron chi connectivity index (χ1n) is 6.49. The average molecular weight is 350 g/mol. The Morgan fingerprint density at radius 1 is 1.41 bits per heavy atom. The second-order valence-electron chi connectivity index (χ2n) is 4.90. The zero-order chi connectivity index (χ0) is 16.4. The van der Waals surface area contributed by atoms with Crippen molar-refractivity contribution < 1.29 is 27.8 Å². The maximum absolute atomic E-state index is 12.4. The fourth-order valence-corrected chi connectivity index (χ4v) is 3.98. The Morgan fingerprint density at radius 2 is 2.05 bits per heavy atom. The molecule has 1 aliphatic rings. The molecule has 1 aromatic rings. The molecule has 0 unspecified atom stereocenters. The number of ether oxygens (including phenoxy) is 2. The number of hydrogen-bond acceptors (Lipinski definition) is 5. The minimum Gasteiger partial charge on any atom is -0.495 e. The highest BCUT2D eigenvalue weighted by Gasteiger charge is 2.43. The van der Waals surface area contributed by atoms with E-state index in [1.807, 2.05) is 0 Å². The lowest BCUT2D eigenvalue weighted by Gasteiger charge is -2.33. The molecule has 0 radical (unpaired) electrons. The van der Waals surface area contributed by atoms with Gasteiger partial charge in [-0.05, 0) is 18.2 Å². The molecule has 1 aromatic carbocycles. The van der Waals surface area contributed by atoms with E-state index in [1.54, 1.807) is 0 Å². The molecule has 0 spiro atoms. The standard InChI is InChI=1S/C13H16ClNO6S/c1-20-11-3-2-9(8-10(11)14)22(18,19)15-13(12(16)17)4-6-21-7-5-13/h2-3,8,15H,4-7H2,1H3,(H,16,17). The Morgan fingerprint density at radius 3 is 2.55 bits per heavy atom. The molecular formula is C13H16ClNO6S. The highest BCUT2D eigenvalue weighted by molar-refractivity contribution is 7.89. The van der Waals surface area contributed by atoms with Crippen LogP contribution in [0.3, 0.4) is 0 Å². The minimum atomic E-state index is -4.04. The van der Waals surface area contributed by atoms with Gasteiger partial charge in [-0.2, -0.15) is 4.72 Å². The molecule has 1 heterocycles. The van der Waals surface area contributed by atoms with Crippen LogP contribution in [0, 0.1) is 0 Å². The Labute approximate surface area is 133 Å². The number of rotatable bonds is 5. The number of sulfonamides is 1.